The zero-order valence-corrected chi connectivity index (χ0v) is 7.63. The van der Waals surface area contributed by atoms with Crippen LogP contribution in [0.15, 0.2) is 0 Å². The summed E-state index contributed by atoms with van der Waals surface area (Å²) in [5, 5.41) is 0. The summed E-state index contributed by atoms with van der Waals surface area (Å²) < 4.78 is 0. The van der Waals surface area contributed by atoms with E-state index in [-0.39, 0.29) is 11.9 Å². The SMILES string of the molecule is CC.CCN1CC[C@H](N)C1=O. The Morgan fingerprint density at radius 2 is 2.18 bits per heavy atom. The van der Waals surface area contributed by atoms with E-state index < -0.39 is 0 Å². The van der Waals surface area contributed by atoms with Crippen molar-refractivity contribution in [2.24, 2.45) is 5.73 Å². The Balaban J connectivity index is 0.000000461. The van der Waals surface area contributed by atoms with Gasteiger partial charge in [0.05, 0.1) is 6.04 Å². The number of carbonyl (C=O) groups is 1. The van der Waals surface area contributed by atoms with Gasteiger partial charge in [0.1, 0.15) is 0 Å². The lowest BCUT2D eigenvalue weighted by Gasteiger charge is -2.11. The summed E-state index contributed by atoms with van der Waals surface area (Å²) in [6.45, 7) is 7.61. The van der Waals surface area contributed by atoms with Crippen LogP contribution in [0.3, 0.4) is 0 Å². The minimum atomic E-state index is -0.218. The predicted octanol–water partition coefficient (Wildman–Crippen LogP) is 0.592. The molecule has 1 saturated heterocycles. The number of rotatable bonds is 1. The fourth-order valence-corrected chi connectivity index (χ4v) is 1.08. The molecule has 2 N–H and O–H groups in total. The van der Waals surface area contributed by atoms with E-state index in [9.17, 15) is 4.79 Å². The molecule has 3 heteroatoms. The predicted molar refractivity (Wildman–Crippen MR) is 46.2 cm³/mol. The third-order valence-electron chi connectivity index (χ3n) is 1.72. The van der Waals surface area contributed by atoms with Crippen molar-refractivity contribution in [3.63, 3.8) is 0 Å². The summed E-state index contributed by atoms with van der Waals surface area (Å²) in [5.74, 6) is 0.109. The van der Waals surface area contributed by atoms with Crippen LogP contribution in [0, 0.1) is 0 Å². The summed E-state index contributed by atoms with van der Waals surface area (Å²) in [5.41, 5.74) is 5.45. The van der Waals surface area contributed by atoms with Gasteiger partial charge in [0, 0.05) is 13.1 Å². The van der Waals surface area contributed by atoms with Crippen LogP contribution < -0.4 is 5.73 Å². The monoisotopic (exact) mass is 158 g/mol. The molecule has 1 aliphatic heterocycles. The first-order chi connectivity index (χ1) is 5.25. The summed E-state index contributed by atoms with van der Waals surface area (Å²) >= 11 is 0. The van der Waals surface area contributed by atoms with Crippen molar-refractivity contribution in [2.75, 3.05) is 13.1 Å². The Hall–Kier alpha value is -0.570. The molecule has 1 fully saturated rings. The second-order valence-corrected chi connectivity index (χ2v) is 2.31. The van der Waals surface area contributed by atoms with Gasteiger partial charge in [-0.15, -0.1) is 0 Å². The highest BCUT2D eigenvalue weighted by Crippen LogP contribution is 2.06. The normalized spacial score (nSPS) is 23.1. The molecule has 0 aromatic rings. The number of likely N-dealkylation sites (N-methyl/N-ethyl adjacent to an activating group) is 1. The first-order valence-corrected chi connectivity index (χ1v) is 4.30. The van der Waals surface area contributed by atoms with E-state index in [1.807, 2.05) is 20.8 Å². The average Bonchev–Trinajstić information content (AvgIpc) is 2.37. The largest absolute Gasteiger partial charge is 0.342 e. The summed E-state index contributed by atoms with van der Waals surface area (Å²) in [4.78, 5) is 12.7. The Morgan fingerprint density at radius 1 is 1.64 bits per heavy atom. The molecule has 0 bridgehead atoms. The minimum absolute atomic E-state index is 0.109. The van der Waals surface area contributed by atoms with Gasteiger partial charge < -0.3 is 10.6 Å². The molecule has 1 atom stereocenters. The highest BCUT2D eigenvalue weighted by atomic mass is 16.2. The quantitative estimate of drug-likeness (QED) is 0.607. The zero-order chi connectivity index (χ0) is 8.85. The molecule has 3 nitrogen and oxygen atoms in total. The van der Waals surface area contributed by atoms with Crippen LogP contribution in [-0.2, 0) is 4.79 Å². The number of hydrogen-bond acceptors (Lipinski definition) is 2. The van der Waals surface area contributed by atoms with Gasteiger partial charge in [0.2, 0.25) is 5.91 Å². The van der Waals surface area contributed by atoms with Crippen molar-refractivity contribution in [1.29, 1.82) is 0 Å². The van der Waals surface area contributed by atoms with Crippen molar-refractivity contribution >= 4 is 5.91 Å². The molecule has 0 spiro atoms. The fraction of sp³-hybridized carbons (Fsp3) is 0.875. The third-order valence-corrected chi connectivity index (χ3v) is 1.72. The van der Waals surface area contributed by atoms with Crippen LogP contribution in [0.2, 0.25) is 0 Å². The topological polar surface area (TPSA) is 46.3 Å². The van der Waals surface area contributed by atoms with E-state index in [0.717, 1.165) is 19.5 Å². The Labute approximate surface area is 68.6 Å². The minimum Gasteiger partial charge on any atom is -0.342 e. The second kappa shape index (κ2) is 5.13. The van der Waals surface area contributed by atoms with Gasteiger partial charge in [0.25, 0.3) is 0 Å². The molecule has 0 saturated carbocycles. The Morgan fingerprint density at radius 3 is 2.36 bits per heavy atom. The van der Waals surface area contributed by atoms with Crippen molar-refractivity contribution < 1.29 is 4.79 Å². The first-order valence-electron chi connectivity index (χ1n) is 4.30. The molecule has 1 amide bonds. The molecule has 0 aliphatic carbocycles. The molecule has 1 rings (SSSR count). The van der Waals surface area contributed by atoms with E-state index in [1.165, 1.54) is 0 Å². The van der Waals surface area contributed by atoms with Crippen LogP contribution in [0.25, 0.3) is 0 Å². The van der Waals surface area contributed by atoms with Gasteiger partial charge >= 0.3 is 0 Å². The van der Waals surface area contributed by atoms with Crippen LogP contribution in [0.1, 0.15) is 27.2 Å². The molecule has 0 aromatic heterocycles. The van der Waals surface area contributed by atoms with Crippen LogP contribution in [0.5, 0.6) is 0 Å². The van der Waals surface area contributed by atoms with E-state index >= 15 is 0 Å². The molecule has 1 aliphatic rings. The number of hydrogen-bond donors (Lipinski definition) is 1. The van der Waals surface area contributed by atoms with Gasteiger partial charge in [-0.2, -0.15) is 0 Å². The number of amides is 1. The molecule has 66 valence electrons. The number of nitrogens with zero attached hydrogens (tertiary/aromatic N) is 1. The second-order valence-electron chi connectivity index (χ2n) is 2.31. The van der Waals surface area contributed by atoms with E-state index in [2.05, 4.69) is 0 Å². The summed E-state index contributed by atoms with van der Waals surface area (Å²) in [6.07, 6.45) is 0.826. The molecule has 0 aromatic carbocycles. The maximum Gasteiger partial charge on any atom is 0.239 e. The first kappa shape index (κ1) is 10.4. The zero-order valence-electron chi connectivity index (χ0n) is 7.63. The van der Waals surface area contributed by atoms with Crippen molar-refractivity contribution in [3.8, 4) is 0 Å². The smallest absolute Gasteiger partial charge is 0.239 e. The van der Waals surface area contributed by atoms with E-state index in [0.29, 0.717) is 0 Å². The van der Waals surface area contributed by atoms with Gasteiger partial charge in [-0.05, 0) is 13.3 Å². The lowest BCUT2D eigenvalue weighted by Crippen LogP contribution is -2.33. The van der Waals surface area contributed by atoms with Crippen LogP contribution in [0.4, 0.5) is 0 Å². The van der Waals surface area contributed by atoms with Crippen molar-refractivity contribution in [2.45, 2.75) is 33.2 Å². The maximum absolute atomic E-state index is 10.9. The fourth-order valence-electron chi connectivity index (χ4n) is 1.08. The van der Waals surface area contributed by atoms with Gasteiger partial charge in [-0.1, -0.05) is 13.8 Å². The number of likely N-dealkylation sites (tertiary alicyclic amines) is 1. The van der Waals surface area contributed by atoms with Gasteiger partial charge in [-0.3, -0.25) is 4.79 Å². The highest BCUT2D eigenvalue weighted by molar-refractivity contribution is 5.83. The molecule has 11 heavy (non-hydrogen) atoms. The maximum atomic E-state index is 10.9. The van der Waals surface area contributed by atoms with Crippen LogP contribution >= 0.6 is 0 Å². The lowest BCUT2D eigenvalue weighted by molar-refractivity contribution is -0.128. The molecular weight excluding hydrogens is 140 g/mol. The van der Waals surface area contributed by atoms with Crippen molar-refractivity contribution in [3.05, 3.63) is 0 Å². The third kappa shape index (κ3) is 2.50. The van der Waals surface area contributed by atoms with E-state index in [4.69, 9.17) is 5.73 Å². The average molecular weight is 158 g/mol. The molecule has 0 unspecified atom stereocenters. The lowest BCUT2D eigenvalue weighted by atomic mass is 10.3. The van der Waals surface area contributed by atoms with Crippen LogP contribution in [-0.4, -0.2) is 29.9 Å². The van der Waals surface area contributed by atoms with Gasteiger partial charge in [-0.25, -0.2) is 0 Å². The Kier molecular flexibility index (Phi) is 4.86. The Bertz CT molecular complexity index is 125. The summed E-state index contributed by atoms with van der Waals surface area (Å²) in [6, 6.07) is -0.218. The molecular formula is C8H18N2O. The van der Waals surface area contributed by atoms with Crippen molar-refractivity contribution in [1.82, 2.24) is 4.90 Å². The van der Waals surface area contributed by atoms with E-state index in [1.54, 1.807) is 4.90 Å². The summed E-state index contributed by atoms with van der Waals surface area (Å²) in [7, 11) is 0. The number of carbonyl (C=O) groups excluding carboxylic acids is 1. The highest BCUT2D eigenvalue weighted by Gasteiger charge is 2.26. The number of nitrogens with two attached hydrogens (primary N) is 1. The molecule has 0 radical (unpaired) electrons. The standard InChI is InChI=1S/C6H12N2O.C2H6/c1-2-8-4-3-5(7)6(8)9;1-2/h5H,2-4,7H2,1H3;1-2H3/t5-;/m0./s1. The van der Waals surface area contributed by atoms with Gasteiger partial charge in [0.15, 0.2) is 0 Å². The molecule has 1 heterocycles.